The monoisotopic (exact) mass is 587 g/mol. The van der Waals surface area contributed by atoms with E-state index in [0.29, 0.717) is 56.1 Å². The summed E-state index contributed by atoms with van der Waals surface area (Å²) in [5.41, 5.74) is 3.19. The van der Waals surface area contributed by atoms with Gasteiger partial charge in [0.15, 0.2) is 15.4 Å². The van der Waals surface area contributed by atoms with Crippen molar-refractivity contribution in [1.29, 1.82) is 0 Å². The van der Waals surface area contributed by atoms with Crippen LogP contribution in [0, 0.1) is 5.82 Å². The molecular formula is C28H24Cl2FN3O4S. The lowest BCUT2D eigenvalue weighted by Crippen LogP contribution is -2.31. The molecule has 7 nitrogen and oxygen atoms in total. The van der Waals surface area contributed by atoms with E-state index in [9.17, 15) is 17.6 Å². The van der Waals surface area contributed by atoms with Crippen molar-refractivity contribution in [3.8, 4) is 0 Å². The molecule has 6 rings (SSSR count). The summed E-state index contributed by atoms with van der Waals surface area (Å²) in [5, 5.41) is 3.62. The lowest BCUT2D eigenvalue weighted by molar-refractivity contribution is -0.115. The molecule has 1 aliphatic heterocycles. The SMILES string of the molecule is CCS(=O)(=O)c1ccc2c(c1)CCN2CC(=O)Nc1cc(Cl)c(C2(c3nc4ccc(F)cc4o3)CC2)c(Cl)c1. The van der Waals surface area contributed by atoms with Crippen molar-refractivity contribution in [3.05, 3.63) is 81.4 Å². The van der Waals surface area contributed by atoms with Gasteiger partial charge >= 0.3 is 0 Å². The highest BCUT2D eigenvalue weighted by atomic mass is 35.5. The molecule has 3 aromatic carbocycles. The van der Waals surface area contributed by atoms with E-state index >= 15 is 0 Å². The molecule has 0 bridgehead atoms. The number of sulfone groups is 1. The van der Waals surface area contributed by atoms with Gasteiger partial charge in [0.1, 0.15) is 11.3 Å². The van der Waals surface area contributed by atoms with Gasteiger partial charge in [-0.2, -0.15) is 0 Å². The van der Waals surface area contributed by atoms with Gasteiger partial charge in [-0.1, -0.05) is 30.1 Å². The van der Waals surface area contributed by atoms with Crippen LogP contribution >= 0.6 is 23.2 Å². The van der Waals surface area contributed by atoms with Gasteiger partial charge in [-0.3, -0.25) is 4.79 Å². The van der Waals surface area contributed by atoms with E-state index < -0.39 is 21.1 Å². The molecule has 39 heavy (non-hydrogen) atoms. The van der Waals surface area contributed by atoms with Crippen LogP contribution in [-0.2, 0) is 26.5 Å². The Morgan fingerprint density at radius 1 is 1.13 bits per heavy atom. The third-order valence-electron chi connectivity index (χ3n) is 7.43. The Kier molecular flexibility index (Phi) is 6.36. The fourth-order valence-corrected chi connectivity index (χ4v) is 7.03. The van der Waals surface area contributed by atoms with E-state index in [1.165, 1.54) is 12.1 Å². The first kappa shape index (κ1) is 26.1. The molecule has 0 unspecified atom stereocenters. The molecule has 1 N–H and O–H groups in total. The molecular weight excluding hydrogens is 564 g/mol. The average Bonchev–Trinajstić information content (AvgIpc) is 3.40. The minimum atomic E-state index is -3.29. The summed E-state index contributed by atoms with van der Waals surface area (Å²) < 4.78 is 44.0. The number of oxazole rings is 1. The fourth-order valence-electron chi connectivity index (χ4n) is 5.25. The van der Waals surface area contributed by atoms with Crippen LogP contribution in [0.4, 0.5) is 15.8 Å². The Balaban J connectivity index is 1.19. The van der Waals surface area contributed by atoms with Crippen LogP contribution < -0.4 is 10.2 Å². The quantitative estimate of drug-likeness (QED) is 0.279. The number of nitrogens with one attached hydrogen (secondary N) is 1. The number of nitrogens with zero attached hydrogens (tertiary/aromatic N) is 2. The largest absolute Gasteiger partial charge is 0.440 e. The first-order valence-electron chi connectivity index (χ1n) is 12.6. The van der Waals surface area contributed by atoms with Crippen LogP contribution in [0.1, 0.15) is 36.8 Å². The maximum Gasteiger partial charge on any atom is 0.243 e. The molecule has 0 saturated heterocycles. The third kappa shape index (κ3) is 4.66. The summed E-state index contributed by atoms with van der Waals surface area (Å²) in [4.78, 5) is 19.7. The molecule has 1 aliphatic carbocycles. The Bertz CT molecular complexity index is 1730. The van der Waals surface area contributed by atoms with Gasteiger partial charge < -0.3 is 14.6 Å². The van der Waals surface area contributed by atoms with E-state index in [4.69, 9.17) is 27.6 Å². The van der Waals surface area contributed by atoms with Gasteiger partial charge in [0.25, 0.3) is 0 Å². The second-order valence-corrected chi connectivity index (χ2v) is 13.0. The average molecular weight is 588 g/mol. The van der Waals surface area contributed by atoms with Gasteiger partial charge in [-0.15, -0.1) is 0 Å². The van der Waals surface area contributed by atoms with Crippen molar-refractivity contribution < 1.29 is 22.0 Å². The number of carbonyl (C=O) groups is 1. The summed E-state index contributed by atoms with van der Waals surface area (Å²) >= 11 is 13.4. The van der Waals surface area contributed by atoms with Crippen molar-refractivity contribution in [2.24, 2.45) is 0 Å². The number of anilines is 2. The number of fused-ring (bicyclic) bond motifs is 2. The minimum absolute atomic E-state index is 0.0394. The molecule has 202 valence electrons. The standard InChI is InChI=1S/C28H24Cl2FN3O4S/c1-2-39(36,37)19-4-6-23-16(11-19)7-10-34(23)15-25(35)32-18-13-20(29)26(21(30)14-18)28(8-9-28)27-33-22-5-3-17(31)12-24(22)38-27/h3-6,11-14H,2,7-10,15H2,1H3,(H,32,35). The van der Waals surface area contributed by atoms with E-state index in [-0.39, 0.29) is 18.2 Å². The maximum absolute atomic E-state index is 13.6. The molecule has 4 aromatic rings. The van der Waals surface area contributed by atoms with E-state index in [2.05, 4.69) is 10.3 Å². The number of hydrogen-bond donors (Lipinski definition) is 1. The highest BCUT2D eigenvalue weighted by Gasteiger charge is 2.52. The fraction of sp³-hybridized carbons (Fsp3) is 0.286. The van der Waals surface area contributed by atoms with Crippen LogP contribution in [0.2, 0.25) is 10.0 Å². The number of carbonyl (C=O) groups excluding carboxylic acids is 1. The second-order valence-electron chi connectivity index (χ2n) is 9.94. The lowest BCUT2D eigenvalue weighted by Gasteiger charge is -2.20. The first-order chi connectivity index (χ1) is 18.6. The number of rotatable bonds is 7. The molecule has 1 amide bonds. The minimum Gasteiger partial charge on any atom is -0.440 e. The van der Waals surface area contributed by atoms with E-state index in [0.717, 1.165) is 24.1 Å². The second kappa shape index (κ2) is 9.50. The van der Waals surface area contributed by atoms with Crippen LogP contribution in [0.25, 0.3) is 11.1 Å². The predicted molar refractivity (Wildman–Crippen MR) is 149 cm³/mol. The molecule has 2 aliphatic rings. The molecule has 0 atom stereocenters. The zero-order chi connectivity index (χ0) is 27.5. The molecule has 1 fully saturated rings. The number of amides is 1. The molecule has 0 radical (unpaired) electrons. The third-order valence-corrected chi connectivity index (χ3v) is 9.76. The summed E-state index contributed by atoms with van der Waals surface area (Å²) in [6.07, 6.45) is 2.11. The number of hydrogen-bond acceptors (Lipinski definition) is 6. The number of aromatic nitrogens is 1. The summed E-state index contributed by atoms with van der Waals surface area (Å²) in [5.74, 6) is -0.184. The van der Waals surface area contributed by atoms with Crippen LogP contribution in [0.5, 0.6) is 0 Å². The number of halogens is 3. The van der Waals surface area contributed by atoms with Gasteiger partial charge in [-0.05, 0) is 67.3 Å². The topological polar surface area (TPSA) is 92.5 Å². The summed E-state index contributed by atoms with van der Waals surface area (Å²) in [6, 6.07) is 12.6. The Hall–Kier alpha value is -3.14. The predicted octanol–water partition coefficient (Wildman–Crippen LogP) is 6.15. The van der Waals surface area contributed by atoms with Gasteiger partial charge in [-0.25, -0.2) is 17.8 Å². The van der Waals surface area contributed by atoms with E-state index in [1.807, 2.05) is 4.90 Å². The Morgan fingerprint density at radius 3 is 2.56 bits per heavy atom. The summed E-state index contributed by atoms with van der Waals surface area (Å²) in [7, 11) is -3.29. The van der Waals surface area contributed by atoms with Gasteiger partial charge in [0.05, 0.1) is 22.6 Å². The molecule has 11 heteroatoms. The Labute approximate surface area is 234 Å². The first-order valence-corrected chi connectivity index (χ1v) is 15.0. The van der Waals surface area contributed by atoms with Crippen LogP contribution in [0.15, 0.2) is 57.8 Å². The molecule has 2 heterocycles. The normalized spacial score (nSPS) is 15.9. The lowest BCUT2D eigenvalue weighted by atomic mass is 9.95. The van der Waals surface area contributed by atoms with Crippen molar-refractivity contribution in [2.45, 2.75) is 36.5 Å². The zero-order valence-electron chi connectivity index (χ0n) is 20.9. The highest BCUT2D eigenvalue weighted by molar-refractivity contribution is 7.91. The van der Waals surface area contributed by atoms with Crippen molar-refractivity contribution in [1.82, 2.24) is 4.98 Å². The van der Waals surface area contributed by atoms with Gasteiger partial charge in [0.2, 0.25) is 11.8 Å². The van der Waals surface area contributed by atoms with Gasteiger partial charge in [0, 0.05) is 39.6 Å². The molecule has 1 aromatic heterocycles. The Morgan fingerprint density at radius 2 is 1.87 bits per heavy atom. The van der Waals surface area contributed by atoms with Crippen molar-refractivity contribution in [2.75, 3.05) is 29.1 Å². The van der Waals surface area contributed by atoms with Crippen LogP contribution in [0.3, 0.4) is 0 Å². The summed E-state index contributed by atoms with van der Waals surface area (Å²) in [6.45, 7) is 2.32. The maximum atomic E-state index is 13.6. The zero-order valence-corrected chi connectivity index (χ0v) is 23.3. The smallest absolute Gasteiger partial charge is 0.243 e. The molecule has 1 saturated carbocycles. The van der Waals surface area contributed by atoms with Crippen molar-refractivity contribution in [3.63, 3.8) is 0 Å². The highest BCUT2D eigenvalue weighted by Crippen LogP contribution is 2.57. The van der Waals surface area contributed by atoms with E-state index in [1.54, 1.807) is 43.3 Å². The van der Waals surface area contributed by atoms with Crippen LogP contribution in [-0.4, -0.2) is 38.2 Å². The number of benzene rings is 3. The van der Waals surface area contributed by atoms with Crippen molar-refractivity contribution >= 4 is 61.4 Å². The molecule has 0 spiro atoms.